The molecule has 1 aromatic heterocycles. The van der Waals surface area contributed by atoms with Gasteiger partial charge in [-0.25, -0.2) is 0 Å². The van der Waals surface area contributed by atoms with E-state index in [1.54, 1.807) is 0 Å². The first kappa shape index (κ1) is 8.42. The fourth-order valence-corrected chi connectivity index (χ4v) is 1.94. The summed E-state index contributed by atoms with van der Waals surface area (Å²) < 4.78 is 0. The second kappa shape index (κ2) is 3.29. The number of Topliss-reactive ketones (excluding diaryl/α,β-unsaturated/α-hetero) is 1. The number of nitrogens with zero attached hydrogens (tertiary/aromatic N) is 1. The fraction of sp³-hybridized carbons (Fsp3) is 0.455. The molecule has 1 atom stereocenters. The summed E-state index contributed by atoms with van der Waals surface area (Å²) in [6, 6.07) is 2.07. The number of carbonyl (C=O) groups is 1. The standard InChI is InChI=1S/C11H13NO/c1-8-5-9(7-12-6-8)10-3-2-4-11(10)13/h5-7,10H,2-4H2,1H3. The number of rotatable bonds is 1. The van der Waals surface area contributed by atoms with Gasteiger partial charge in [-0.15, -0.1) is 0 Å². The predicted molar refractivity (Wildman–Crippen MR) is 50.6 cm³/mol. The lowest BCUT2D eigenvalue weighted by atomic mass is 9.98. The molecule has 0 saturated heterocycles. The minimum Gasteiger partial charge on any atom is -0.299 e. The van der Waals surface area contributed by atoms with Gasteiger partial charge in [-0.05, 0) is 30.9 Å². The zero-order chi connectivity index (χ0) is 9.26. The van der Waals surface area contributed by atoms with Gasteiger partial charge in [-0.2, -0.15) is 0 Å². The first-order valence-corrected chi connectivity index (χ1v) is 4.71. The van der Waals surface area contributed by atoms with E-state index in [0.29, 0.717) is 5.78 Å². The third-order valence-corrected chi connectivity index (χ3v) is 2.60. The average Bonchev–Trinajstić information content (AvgIpc) is 2.51. The van der Waals surface area contributed by atoms with E-state index < -0.39 is 0 Å². The molecule has 1 aliphatic rings. The average molecular weight is 175 g/mol. The number of pyridine rings is 1. The first-order valence-electron chi connectivity index (χ1n) is 4.71. The van der Waals surface area contributed by atoms with Crippen molar-refractivity contribution in [2.45, 2.75) is 32.1 Å². The number of aryl methyl sites for hydroxylation is 1. The molecule has 2 nitrogen and oxygen atoms in total. The van der Waals surface area contributed by atoms with Crippen LogP contribution in [0.4, 0.5) is 0 Å². The van der Waals surface area contributed by atoms with Crippen LogP contribution in [0.1, 0.15) is 36.3 Å². The van der Waals surface area contributed by atoms with Gasteiger partial charge in [0.25, 0.3) is 0 Å². The van der Waals surface area contributed by atoms with Gasteiger partial charge in [0.05, 0.1) is 0 Å². The molecule has 2 rings (SSSR count). The maximum absolute atomic E-state index is 11.5. The Morgan fingerprint density at radius 1 is 1.46 bits per heavy atom. The van der Waals surface area contributed by atoms with E-state index in [-0.39, 0.29) is 5.92 Å². The van der Waals surface area contributed by atoms with E-state index in [2.05, 4.69) is 11.1 Å². The van der Waals surface area contributed by atoms with E-state index in [1.165, 1.54) is 0 Å². The quantitative estimate of drug-likeness (QED) is 0.655. The van der Waals surface area contributed by atoms with Gasteiger partial charge >= 0.3 is 0 Å². The van der Waals surface area contributed by atoms with Crippen molar-refractivity contribution in [3.05, 3.63) is 29.6 Å². The molecule has 68 valence electrons. The molecule has 0 aromatic carbocycles. The number of ketones is 1. The van der Waals surface area contributed by atoms with Crippen LogP contribution in [0.5, 0.6) is 0 Å². The van der Waals surface area contributed by atoms with E-state index >= 15 is 0 Å². The Labute approximate surface area is 78.0 Å². The lowest BCUT2D eigenvalue weighted by Crippen LogP contribution is -2.04. The lowest BCUT2D eigenvalue weighted by Gasteiger charge is -2.07. The number of aromatic nitrogens is 1. The van der Waals surface area contributed by atoms with Crippen molar-refractivity contribution in [3.63, 3.8) is 0 Å². The van der Waals surface area contributed by atoms with Crippen molar-refractivity contribution in [2.75, 3.05) is 0 Å². The summed E-state index contributed by atoms with van der Waals surface area (Å²) in [6.45, 7) is 2.01. The Kier molecular flexibility index (Phi) is 2.13. The summed E-state index contributed by atoms with van der Waals surface area (Å²) in [5.41, 5.74) is 2.24. The maximum atomic E-state index is 11.5. The van der Waals surface area contributed by atoms with E-state index in [1.807, 2.05) is 19.3 Å². The number of carbonyl (C=O) groups excluding carboxylic acids is 1. The molecule has 13 heavy (non-hydrogen) atoms. The Hall–Kier alpha value is -1.18. The van der Waals surface area contributed by atoms with Crippen LogP contribution in [0.2, 0.25) is 0 Å². The van der Waals surface area contributed by atoms with Crippen LogP contribution in [-0.4, -0.2) is 10.8 Å². The topological polar surface area (TPSA) is 30.0 Å². The molecule has 0 radical (unpaired) electrons. The molecule has 1 unspecified atom stereocenters. The highest BCUT2D eigenvalue weighted by Gasteiger charge is 2.25. The third-order valence-electron chi connectivity index (χ3n) is 2.60. The second-order valence-electron chi connectivity index (χ2n) is 3.71. The smallest absolute Gasteiger partial charge is 0.140 e. The fourth-order valence-electron chi connectivity index (χ4n) is 1.94. The molecule has 2 heteroatoms. The van der Waals surface area contributed by atoms with Crippen molar-refractivity contribution in [1.29, 1.82) is 0 Å². The van der Waals surface area contributed by atoms with Crippen LogP contribution in [0.25, 0.3) is 0 Å². The molecule has 1 heterocycles. The Bertz CT molecular complexity index is 333. The number of hydrogen-bond acceptors (Lipinski definition) is 2. The highest BCUT2D eigenvalue weighted by Crippen LogP contribution is 2.30. The summed E-state index contributed by atoms with van der Waals surface area (Å²) in [6.07, 6.45) is 6.43. The Morgan fingerprint density at radius 2 is 2.31 bits per heavy atom. The summed E-state index contributed by atoms with van der Waals surface area (Å²) >= 11 is 0. The SMILES string of the molecule is Cc1cncc(C2CCCC2=O)c1. The van der Waals surface area contributed by atoms with E-state index in [4.69, 9.17) is 0 Å². The van der Waals surface area contributed by atoms with Crippen molar-refractivity contribution in [1.82, 2.24) is 4.98 Å². The summed E-state index contributed by atoms with van der Waals surface area (Å²) in [5, 5.41) is 0. The van der Waals surface area contributed by atoms with E-state index in [9.17, 15) is 4.79 Å². The third kappa shape index (κ3) is 1.62. The normalized spacial score (nSPS) is 22.2. The molecule has 0 aliphatic heterocycles. The lowest BCUT2D eigenvalue weighted by molar-refractivity contribution is -0.118. The van der Waals surface area contributed by atoms with Crippen LogP contribution in [0, 0.1) is 6.92 Å². The van der Waals surface area contributed by atoms with Gasteiger partial charge in [0.15, 0.2) is 0 Å². The van der Waals surface area contributed by atoms with Gasteiger partial charge in [0.1, 0.15) is 5.78 Å². The molecule has 1 aliphatic carbocycles. The van der Waals surface area contributed by atoms with Gasteiger partial charge in [0.2, 0.25) is 0 Å². The molecule has 1 saturated carbocycles. The monoisotopic (exact) mass is 175 g/mol. The predicted octanol–water partition coefficient (Wildman–Crippen LogP) is 2.23. The van der Waals surface area contributed by atoms with Crippen molar-refractivity contribution >= 4 is 5.78 Å². The highest BCUT2D eigenvalue weighted by molar-refractivity contribution is 5.87. The number of hydrogen-bond donors (Lipinski definition) is 0. The molecule has 0 spiro atoms. The van der Waals surface area contributed by atoms with Crippen molar-refractivity contribution in [2.24, 2.45) is 0 Å². The molecule has 0 amide bonds. The largest absolute Gasteiger partial charge is 0.299 e. The Balaban J connectivity index is 2.29. The molecule has 1 aromatic rings. The minimum absolute atomic E-state index is 0.132. The zero-order valence-electron chi connectivity index (χ0n) is 7.79. The van der Waals surface area contributed by atoms with Gasteiger partial charge in [-0.3, -0.25) is 9.78 Å². The van der Waals surface area contributed by atoms with Gasteiger partial charge < -0.3 is 0 Å². The highest BCUT2D eigenvalue weighted by atomic mass is 16.1. The molecule has 1 fully saturated rings. The summed E-state index contributed by atoms with van der Waals surface area (Å²) in [7, 11) is 0. The van der Waals surface area contributed by atoms with Gasteiger partial charge in [0, 0.05) is 24.7 Å². The Morgan fingerprint density at radius 3 is 2.92 bits per heavy atom. The van der Waals surface area contributed by atoms with Crippen LogP contribution in [-0.2, 0) is 4.79 Å². The van der Waals surface area contributed by atoms with Crippen LogP contribution < -0.4 is 0 Å². The van der Waals surface area contributed by atoms with E-state index in [0.717, 1.165) is 30.4 Å². The molecule has 0 bridgehead atoms. The zero-order valence-corrected chi connectivity index (χ0v) is 7.79. The van der Waals surface area contributed by atoms with Crippen molar-refractivity contribution in [3.8, 4) is 0 Å². The molecular formula is C11H13NO. The summed E-state index contributed by atoms with van der Waals surface area (Å²) in [5.74, 6) is 0.514. The van der Waals surface area contributed by atoms with Crippen LogP contribution >= 0.6 is 0 Å². The summed E-state index contributed by atoms with van der Waals surface area (Å²) in [4.78, 5) is 15.6. The van der Waals surface area contributed by atoms with Crippen LogP contribution in [0.15, 0.2) is 18.5 Å². The molecular weight excluding hydrogens is 162 g/mol. The molecule has 0 N–H and O–H groups in total. The van der Waals surface area contributed by atoms with Crippen LogP contribution in [0.3, 0.4) is 0 Å². The van der Waals surface area contributed by atoms with Gasteiger partial charge in [-0.1, -0.05) is 6.07 Å². The first-order chi connectivity index (χ1) is 6.27. The minimum atomic E-state index is 0.132. The second-order valence-corrected chi connectivity index (χ2v) is 3.71. The maximum Gasteiger partial charge on any atom is 0.140 e. The van der Waals surface area contributed by atoms with Crippen molar-refractivity contribution < 1.29 is 4.79 Å².